The van der Waals surface area contributed by atoms with Crippen molar-refractivity contribution in [3.05, 3.63) is 87.1 Å². The highest BCUT2D eigenvalue weighted by Crippen LogP contribution is 2.39. The number of carbonyl (C=O) groups is 2. The highest BCUT2D eigenvalue weighted by molar-refractivity contribution is 7.98. The molecule has 2 fully saturated rings. The Kier molecular flexibility index (Phi) is 8.86. The van der Waals surface area contributed by atoms with Crippen molar-refractivity contribution in [2.45, 2.75) is 75.4 Å². The Morgan fingerprint density at radius 3 is 2.46 bits per heavy atom. The number of halogens is 1. The number of pyridine rings is 1. The standard InChI is InChI=1S/C32H32ClN3O4S/c1-4-39-32(38)27-14-23(17-34)30(35-20(27)3)41-18-21-6-8-22(9-7-21)31(37)36-24-10-11-25(36)16-26(15-24)40-29-13-19(2)5-12-28(29)33/h5-9,12-14,24-26H,4,10-11,15-16,18H2,1-3H3/t24-,25-/m0/s1. The number of esters is 1. The van der Waals surface area contributed by atoms with Crippen LogP contribution in [-0.2, 0) is 10.5 Å². The lowest BCUT2D eigenvalue weighted by molar-refractivity contribution is 0.0358. The number of hydrogen-bond acceptors (Lipinski definition) is 7. The van der Waals surface area contributed by atoms with E-state index in [1.807, 2.05) is 49.4 Å². The highest BCUT2D eigenvalue weighted by Gasteiger charge is 2.44. The van der Waals surface area contributed by atoms with Crippen LogP contribution in [0.2, 0.25) is 5.02 Å². The van der Waals surface area contributed by atoms with Crippen molar-refractivity contribution in [3.8, 4) is 11.8 Å². The van der Waals surface area contributed by atoms with E-state index in [0.717, 1.165) is 36.8 Å². The number of benzene rings is 2. The van der Waals surface area contributed by atoms with Gasteiger partial charge in [-0.25, -0.2) is 9.78 Å². The molecule has 5 rings (SSSR count). The third-order valence-corrected chi connectivity index (χ3v) is 9.05. The number of rotatable bonds is 8. The molecule has 2 aromatic carbocycles. The second-order valence-electron chi connectivity index (χ2n) is 10.5. The van der Waals surface area contributed by atoms with Crippen LogP contribution >= 0.6 is 23.4 Å². The molecule has 0 spiro atoms. The number of hydrogen-bond donors (Lipinski definition) is 0. The van der Waals surface area contributed by atoms with Crippen molar-refractivity contribution >= 4 is 35.2 Å². The number of carbonyl (C=O) groups excluding carboxylic acids is 2. The van der Waals surface area contributed by atoms with Gasteiger partial charge < -0.3 is 14.4 Å². The van der Waals surface area contributed by atoms with Gasteiger partial charge in [-0.3, -0.25) is 4.79 Å². The van der Waals surface area contributed by atoms with Crippen LogP contribution in [0, 0.1) is 25.2 Å². The number of fused-ring (bicyclic) bond motifs is 2. The van der Waals surface area contributed by atoms with Gasteiger partial charge in [0.1, 0.15) is 22.9 Å². The van der Waals surface area contributed by atoms with Gasteiger partial charge in [-0.05, 0) is 75.1 Å². The summed E-state index contributed by atoms with van der Waals surface area (Å²) in [7, 11) is 0. The first-order valence-corrected chi connectivity index (χ1v) is 15.2. The van der Waals surface area contributed by atoms with E-state index in [-0.39, 0.29) is 30.7 Å². The molecule has 2 aliphatic rings. The van der Waals surface area contributed by atoms with Gasteiger partial charge in [-0.15, -0.1) is 11.8 Å². The lowest BCUT2D eigenvalue weighted by Crippen LogP contribution is -2.49. The smallest absolute Gasteiger partial charge is 0.340 e. The van der Waals surface area contributed by atoms with E-state index in [1.54, 1.807) is 19.9 Å². The molecule has 1 amide bonds. The molecule has 0 unspecified atom stereocenters. The molecule has 2 aliphatic heterocycles. The number of nitrogens with zero attached hydrogens (tertiary/aromatic N) is 3. The Bertz CT molecular complexity index is 1490. The zero-order chi connectivity index (χ0) is 29.1. The predicted octanol–water partition coefficient (Wildman–Crippen LogP) is 6.91. The summed E-state index contributed by atoms with van der Waals surface area (Å²) in [6, 6.07) is 17.4. The summed E-state index contributed by atoms with van der Waals surface area (Å²) >= 11 is 7.78. The minimum absolute atomic E-state index is 0.0390. The number of ether oxygens (including phenoxy) is 2. The fourth-order valence-corrected chi connectivity index (χ4v) is 6.79. The first kappa shape index (κ1) is 29.0. The maximum Gasteiger partial charge on any atom is 0.340 e. The molecule has 0 saturated carbocycles. The minimum atomic E-state index is -0.480. The van der Waals surface area contributed by atoms with Gasteiger partial charge in [0.05, 0.1) is 28.5 Å². The molecule has 7 nitrogen and oxygen atoms in total. The number of piperidine rings is 1. The number of aryl methyl sites for hydroxylation is 2. The lowest BCUT2D eigenvalue weighted by Gasteiger charge is -2.39. The molecule has 212 valence electrons. The summed E-state index contributed by atoms with van der Waals surface area (Å²) < 4.78 is 11.4. The molecule has 1 aromatic heterocycles. The number of nitriles is 1. The quantitative estimate of drug-likeness (QED) is 0.208. The monoisotopic (exact) mass is 589 g/mol. The van der Waals surface area contributed by atoms with Crippen LogP contribution in [0.3, 0.4) is 0 Å². The molecule has 3 heterocycles. The topological polar surface area (TPSA) is 92.5 Å². The Morgan fingerprint density at radius 2 is 1.80 bits per heavy atom. The van der Waals surface area contributed by atoms with Crippen LogP contribution in [0.4, 0.5) is 0 Å². The van der Waals surface area contributed by atoms with Crippen molar-refractivity contribution in [1.82, 2.24) is 9.88 Å². The molecule has 0 radical (unpaired) electrons. The van der Waals surface area contributed by atoms with Crippen molar-refractivity contribution in [2.24, 2.45) is 0 Å². The van der Waals surface area contributed by atoms with E-state index in [2.05, 4.69) is 16.0 Å². The van der Waals surface area contributed by atoms with Crippen LogP contribution in [-0.4, -0.2) is 46.6 Å². The van der Waals surface area contributed by atoms with E-state index < -0.39 is 5.97 Å². The number of aromatic nitrogens is 1. The molecule has 41 heavy (non-hydrogen) atoms. The largest absolute Gasteiger partial charge is 0.489 e. The Morgan fingerprint density at radius 1 is 1.10 bits per heavy atom. The Balaban J connectivity index is 1.21. The number of thioether (sulfide) groups is 1. The van der Waals surface area contributed by atoms with Crippen LogP contribution in [0.15, 0.2) is 53.6 Å². The van der Waals surface area contributed by atoms with Crippen LogP contribution in [0.25, 0.3) is 0 Å². The van der Waals surface area contributed by atoms with Crippen molar-refractivity contribution in [2.75, 3.05) is 6.61 Å². The molecule has 3 aromatic rings. The van der Waals surface area contributed by atoms with Crippen LogP contribution < -0.4 is 4.74 Å². The molecule has 2 bridgehead atoms. The SMILES string of the molecule is CCOC(=O)c1cc(C#N)c(SCc2ccc(C(=O)N3[C@H]4CC[C@H]3CC(Oc3cc(C)ccc3Cl)C4)cc2)nc1C. The van der Waals surface area contributed by atoms with E-state index in [1.165, 1.54) is 11.8 Å². The molecular formula is C32H32ClN3O4S. The molecule has 0 aliphatic carbocycles. The van der Waals surface area contributed by atoms with Gasteiger partial charge in [0.15, 0.2) is 0 Å². The Labute approximate surface area is 249 Å². The Hall–Kier alpha value is -3.54. The van der Waals surface area contributed by atoms with Crippen LogP contribution in [0.1, 0.15) is 75.7 Å². The fourth-order valence-electron chi connectivity index (χ4n) is 5.67. The number of amides is 1. The van der Waals surface area contributed by atoms with E-state index in [4.69, 9.17) is 21.1 Å². The van der Waals surface area contributed by atoms with Gasteiger partial charge in [-0.1, -0.05) is 29.8 Å². The van der Waals surface area contributed by atoms with E-state index >= 15 is 0 Å². The van der Waals surface area contributed by atoms with Gasteiger partial charge in [0.2, 0.25) is 0 Å². The normalized spacial score (nSPS) is 19.5. The molecule has 9 heteroatoms. The predicted molar refractivity (Wildman–Crippen MR) is 158 cm³/mol. The average molecular weight is 590 g/mol. The van der Waals surface area contributed by atoms with Crippen LogP contribution in [0.5, 0.6) is 5.75 Å². The second kappa shape index (κ2) is 12.5. The highest BCUT2D eigenvalue weighted by atomic mass is 35.5. The van der Waals surface area contributed by atoms with Crippen molar-refractivity contribution in [3.63, 3.8) is 0 Å². The van der Waals surface area contributed by atoms with Gasteiger partial charge in [-0.2, -0.15) is 5.26 Å². The van der Waals surface area contributed by atoms with Crippen molar-refractivity contribution < 1.29 is 19.1 Å². The van der Waals surface area contributed by atoms with Gasteiger partial charge in [0.25, 0.3) is 5.91 Å². The lowest BCUT2D eigenvalue weighted by atomic mass is 9.98. The summed E-state index contributed by atoms with van der Waals surface area (Å²) in [5.41, 5.74) is 3.95. The third-order valence-electron chi connectivity index (χ3n) is 7.68. The van der Waals surface area contributed by atoms with Crippen molar-refractivity contribution in [1.29, 1.82) is 5.26 Å². The van der Waals surface area contributed by atoms with Gasteiger partial charge in [0, 0.05) is 36.2 Å². The third kappa shape index (κ3) is 6.37. The molecule has 2 atom stereocenters. The zero-order valence-electron chi connectivity index (χ0n) is 23.4. The average Bonchev–Trinajstić information content (AvgIpc) is 3.23. The summed E-state index contributed by atoms with van der Waals surface area (Å²) in [4.78, 5) is 32.3. The second-order valence-corrected chi connectivity index (χ2v) is 11.9. The maximum absolute atomic E-state index is 13.5. The molecule has 2 saturated heterocycles. The minimum Gasteiger partial charge on any atom is -0.489 e. The maximum atomic E-state index is 13.5. The fraction of sp³-hybridized carbons (Fsp3) is 0.375. The zero-order valence-corrected chi connectivity index (χ0v) is 24.9. The summed E-state index contributed by atoms with van der Waals surface area (Å²) in [5.74, 6) is 0.865. The van der Waals surface area contributed by atoms with E-state index in [0.29, 0.717) is 43.9 Å². The summed E-state index contributed by atoms with van der Waals surface area (Å²) in [6.07, 6.45) is 3.59. The van der Waals surface area contributed by atoms with E-state index in [9.17, 15) is 14.9 Å². The molecule has 0 N–H and O–H groups in total. The first-order valence-electron chi connectivity index (χ1n) is 13.8. The van der Waals surface area contributed by atoms with Gasteiger partial charge >= 0.3 is 5.97 Å². The summed E-state index contributed by atoms with van der Waals surface area (Å²) in [6.45, 7) is 5.74. The summed E-state index contributed by atoms with van der Waals surface area (Å²) in [5, 5.41) is 10.8. The molecular weight excluding hydrogens is 558 g/mol. The first-order chi connectivity index (χ1) is 19.8.